The van der Waals surface area contributed by atoms with Crippen molar-refractivity contribution in [3.05, 3.63) is 12.4 Å². The maximum absolute atomic E-state index is 5.86. The van der Waals surface area contributed by atoms with Gasteiger partial charge in [0, 0.05) is 31.0 Å². The Balaban J connectivity index is 1.97. The number of nitrogens with one attached hydrogen (secondary N) is 1. The Morgan fingerprint density at radius 3 is 3.14 bits per heavy atom. The maximum atomic E-state index is 5.86. The summed E-state index contributed by atoms with van der Waals surface area (Å²) in [5.74, 6) is 0.978. The summed E-state index contributed by atoms with van der Waals surface area (Å²) >= 11 is 0. The van der Waals surface area contributed by atoms with Gasteiger partial charge in [0.25, 0.3) is 0 Å². The van der Waals surface area contributed by atoms with Gasteiger partial charge in [-0.15, -0.1) is 0 Å². The molecule has 3 N–H and O–H groups in total. The summed E-state index contributed by atoms with van der Waals surface area (Å²) in [6.07, 6.45) is 7.19. The van der Waals surface area contributed by atoms with Crippen molar-refractivity contribution in [2.24, 2.45) is 5.73 Å². The molecule has 0 spiro atoms. The van der Waals surface area contributed by atoms with Gasteiger partial charge in [0.2, 0.25) is 5.95 Å². The number of aromatic nitrogens is 2. The number of hydrogen-bond acceptors (Lipinski definition) is 3. The van der Waals surface area contributed by atoms with Crippen LogP contribution in [0.4, 0.5) is 5.95 Å². The minimum atomic E-state index is 0.373. The van der Waals surface area contributed by atoms with Gasteiger partial charge in [-0.3, -0.25) is 0 Å². The number of anilines is 1. The first-order chi connectivity index (χ1) is 6.79. The number of aryl methyl sites for hydroxylation is 1. The highest BCUT2D eigenvalue weighted by molar-refractivity contribution is 5.28. The van der Waals surface area contributed by atoms with Gasteiger partial charge >= 0.3 is 0 Å². The zero-order valence-corrected chi connectivity index (χ0v) is 8.61. The van der Waals surface area contributed by atoms with Crippen molar-refractivity contribution in [2.75, 3.05) is 5.32 Å². The van der Waals surface area contributed by atoms with Crippen molar-refractivity contribution >= 4 is 5.95 Å². The highest BCUT2D eigenvalue weighted by Gasteiger charge is 2.22. The minimum Gasteiger partial charge on any atom is -0.353 e. The van der Waals surface area contributed by atoms with Crippen LogP contribution < -0.4 is 11.1 Å². The van der Waals surface area contributed by atoms with Crippen molar-refractivity contribution < 1.29 is 0 Å². The van der Waals surface area contributed by atoms with Crippen molar-refractivity contribution in [2.45, 2.75) is 44.8 Å². The molecule has 4 heteroatoms. The molecule has 1 fully saturated rings. The van der Waals surface area contributed by atoms with E-state index in [0.717, 1.165) is 31.8 Å². The number of imidazole rings is 1. The molecular formula is C10H18N4. The molecule has 1 aromatic rings. The van der Waals surface area contributed by atoms with Gasteiger partial charge in [0.05, 0.1) is 0 Å². The molecule has 2 atom stereocenters. The molecule has 78 valence electrons. The zero-order chi connectivity index (χ0) is 9.97. The molecule has 14 heavy (non-hydrogen) atoms. The maximum Gasteiger partial charge on any atom is 0.202 e. The summed E-state index contributed by atoms with van der Waals surface area (Å²) in [6, 6.07) is 0.884. The van der Waals surface area contributed by atoms with Crippen LogP contribution in [-0.4, -0.2) is 21.6 Å². The molecule has 0 bridgehead atoms. The van der Waals surface area contributed by atoms with Crippen molar-refractivity contribution in [1.29, 1.82) is 0 Å². The molecule has 2 unspecified atom stereocenters. The highest BCUT2D eigenvalue weighted by Crippen LogP contribution is 2.20. The van der Waals surface area contributed by atoms with E-state index in [1.54, 1.807) is 0 Å². The molecular weight excluding hydrogens is 176 g/mol. The molecule has 0 saturated heterocycles. The molecule has 1 heterocycles. The SMILES string of the molecule is CCn1ccnc1NC1CCC(N)C1. The predicted octanol–water partition coefficient (Wildman–Crippen LogP) is 1.19. The first-order valence-electron chi connectivity index (χ1n) is 5.33. The standard InChI is InChI=1S/C10H18N4/c1-2-14-6-5-12-10(14)13-9-4-3-8(11)7-9/h5-6,8-9H,2-4,7,11H2,1H3,(H,12,13). The topological polar surface area (TPSA) is 55.9 Å². The van der Waals surface area contributed by atoms with Crippen LogP contribution in [0.3, 0.4) is 0 Å². The van der Waals surface area contributed by atoms with Gasteiger partial charge in [0.15, 0.2) is 0 Å². The van der Waals surface area contributed by atoms with Crippen molar-refractivity contribution in [3.8, 4) is 0 Å². The summed E-state index contributed by atoms with van der Waals surface area (Å²) in [6.45, 7) is 3.08. The Morgan fingerprint density at radius 2 is 2.50 bits per heavy atom. The predicted molar refractivity (Wildman–Crippen MR) is 57.1 cm³/mol. The van der Waals surface area contributed by atoms with Crippen LogP contribution >= 0.6 is 0 Å². The van der Waals surface area contributed by atoms with Crippen LogP contribution in [0.1, 0.15) is 26.2 Å². The largest absolute Gasteiger partial charge is 0.353 e. The monoisotopic (exact) mass is 194 g/mol. The lowest BCUT2D eigenvalue weighted by molar-refractivity contribution is 0.675. The second kappa shape index (κ2) is 4.00. The summed E-state index contributed by atoms with van der Waals surface area (Å²) in [7, 11) is 0. The van der Waals surface area contributed by atoms with Gasteiger partial charge in [-0.25, -0.2) is 4.98 Å². The first kappa shape index (κ1) is 9.52. The van der Waals surface area contributed by atoms with Gasteiger partial charge in [-0.2, -0.15) is 0 Å². The summed E-state index contributed by atoms with van der Waals surface area (Å²) in [5, 5.41) is 3.44. The van der Waals surface area contributed by atoms with Crippen LogP contribution in [0.5, 0.6) is 0 Å². The van der Waals surface area contributed by atoms with Crippen LogP contribution in [0.25, 0.3) is 0 Å². The van der Waals surface area contributed by atoms with E-state index in [-0.39, 0.29) is 0 Å². The molecule has 0 radical (unpaired) electrons. The van der Waals surface area contributed by atoms with E-state index in [1.807, 2.05) is 12.4 Å². The molecule has 0 aromatic carbocycles. The summed E-state index contributed by atoms with van der Waals surface area (Å²) < 4.78 is 2.11. The number of nitrogens with two attached hydrogens (primary N) is 1. The highest BCUT2D eigenvalue weighted by atomic mass is 15.2. The van der Waals surface area contributed by atoms with Crippen LogP contribution in [0.2, 0.25) is 0 Å². The number of hydrogen-bond donors (Lipinski definition) is 2. The lowest BCUT2D eigenvalue weighted by Gasteiger charge is -2.13. The van der Waals surface area contributed by atoms with E-state index in [4.69, 9.17) is 5.73 Å². The normalized spacial score (nSPS) is 26.7. The second-order valence-corrected chi connectivity index (χ2v) is 3.95. The molecule has 1 saturated carbocycles. The van der Waals surface area contributed by atoms with Gasteiger partial charge in [0.1, 0.15) is 0 Å². The Hall–Kier alpha value is -1.03. The average molecular weight is 194 g/mol. The van der Waals surface area contributed by atoms with E-state index >= 15 is 0 Å². The fraction of sp³-hybridized carbons (Fsp3) is 0.700. The smallest absolute Gasteiger partial charge is 0.202 e. The minimum absolute atomic E-state index is 0.373. The molecule has 0 aliphatic heterocycles. The summed E-state index contributed by atoms with van der Waals surface area (Å²) in [4.78, 5) is 4.29. The lowest BCUT2D eigenvalue weighted by atomic mass is 10.2. The fourth-order valence-electron chi connectivity index (χ4n) is 2.03. The van der Waals surface area contributed by atoms with E-state index in [9.17, 15) is 0 Å². The Morgan fingerprint density at radius 1 is 1.64 bits per heavy atom. The van der Waals surface area contributed by atoms with Crippen LogP contribution in [0, 0.1) is 0 Å². The van der Waals surface area contributed by atoms with Crippen molar-refractivity contribution in [1.82, 2.24) is 9.55 Å². The fourth-order valence-corrected chi connectivity index (χ4v) is 2.03. The third-order valence-electron chi connectivity index (χ3n) is 2.86. The van der Waals surface area contributed by atoms with E-state index < -0.39 is 0 Å². The first-order valence-corrected chi connectivity index (χ1v) is 5.33. The third kappa shape index (κ3) is 1.90. The Bertz CT molecular complexity index is 294. The van der Waals surface area contributed by atoms with E-state index in [1.165, 1.54) is 0 Å². The van der Waals surface area contributed by atoms with Gasteiger partial charge in [-0.05, 0) is 26.2 Å². The lowest BCUT2D eigenvalue weighted by Crippen LogP contribution is -2.22. The van der Waals surface area contributed by atoms with E-state index in [2.05, 4.69) is 21.8 Å². The van der Waals surface area contributed by atoms with Gasteiger partial charge in [-0.1, -0.05) is 0 Å². The molecule has 4 nitrogen and oxygen atoms in total. The zero-order valence-electron chi connectivity index (χ0n) is 8.61. The van der Waals surface area contributed by atoms with Crippen molar-refractivity contribution in [3.63, 3.8) is 0 Å². The number of nitrogens with zero attached hydrogens (tertiary/aromatic N) is 2. The molecule has 1 aliphatic carbocycles. The molecule has 2 rings (SSSR count). The van der Waals surface area contributed by atoms with Gasteiger partial charge < -0.3 is 15.6 Å². The molecule has 0 amide bonds. The van der Waals surface area contributed by atoms with E-state index in [0.29, 0.717) is 12.1 Å². The second-order valence-electron chi connectivity index (χ2n) is 3.95. The summed E-state index contributed by atoms with van der Waals surface area (Å²) in [5.41, 5.74) is 5.86. The third-order valence-corrected chi connectivity index (χ3v) is 2.86. The Labute approximate surface area is 84.5 Å². The van der Waals surface area contributed by atoms with Crippen LogP contribution in [-0.2, 0) is 6.54 Å². The Kier molecular flexibility index (Phi) is 2.72. The molecule has 1 aromatic heterocycles. The quantitative estimate of drug-likeness (QED) is 0.760. The van der Waals surface area contributed by atoms with Crippen LogP contribution in [0.15, 0.2) is 12.4 Å². The molecule has 1 aliphatic rings. The average Bonchev–Trinajstić information content (AvgIpc) is 2.76. The number of rotatable bonds is 3.